The Balaban J connectivity index is 2.76. The van der Waals surface area contributed by atoms with E-state index in [4.69, 9.17) is 4.74 Å². The van der Waals surface area contributed by atoms with Crippen molar-refractivity contribution in [2.75, 3.05) is 6.61 Å². The predicted octanol–water partition coefficient (Wildman–Crippen LogP) is 2.98. The molecule has 1 aromatic carbocycles. The lowest BCUT2D eigenvalue weighted by Crippen LogP contribution is -2.41. The summed E-state index contributed by atoms with van der Waals surface area (Å²) in [4.78, 5) is 11.4. The Hall–Kier alpha value is -1.51. The van der Waals surface area contributed by atoms with E-state index in [1.807, 2.05) is 45.0 Å². The molecule has 1 rings (SSSR count). The van der Waals surface area contributed by atoms with Gasteiger partial charge in [-0.1, -0.05) is 29.8 Å². The molecule has 0 radical (unpaired) electrons. The minimum atomic E-state index is -0.417. The van der Waals surface area contributed by atoms with Gasteiger partial charge in [0.2, 0.25) is 0 Å². The molecule has 0 bridgehead atoms. The van der Waals surface area contributed by atoms with Gasteiger partial charge >= 0.3 is 6.09 Å². The summed E-state index contributed by atoms with van der Waals surface area (Å²) >= 11 is 0. The standard InChI is InChI=1S/C13H19NO2/c1-5-16-12(15)14-13(3,4)11-8-6-10(2)7-9-11/h6-9H,5H2,1-4H3,(H,14,15). The maximum atomic E-state index is 11.4. The second-order valence-corrected chi connectivity index (χ2v) is 4.34. The number of alkyl carbamates (subject to hydrolysis) is 1. The van der Waals surface area contributed by atoms with E-state index in [-0.39, 0.29) is 6.09 Å². The molecule has 0 atom stereocenters. The Bertz CT molecular complexity index is 355. The summed E-state index contributed by atoms with van der Waals surface area (Å²) in [6.07, 6.45) is -0.381. The van der Waals surface area contributed by atoms with Crippen LogP contribution in [-0.4, -0.2) is 12.7 Å². The normalized spacial score (nSPS) is 11.0. The van der Waals surface area contributed by atoms with Crippen molar-refractivity contribution in [1.29, 1.82) is 0 Å². The number of benzene rings is 1. The van der Waals surface area contributed by atoms with Crippen molar-refractivity contribution in [3.8, 4) is 0 Å². The fraction of sp³-hybridized carbons (Fsp3) is 0.462. The molecule has 0 unspecified atom stereocenters. The number of carbonyl (C=O) groups is 1. The largest absolute Gasteiger partial charge is 0.450 e. The molecule has 0 aliphatic carbocycles. The SMILES string of the molecule is CCOC(=O)NC(C)(C)c1ccc(C)cc1. The van der Waals surface area contributed by atoms with Crippen LogP contribution < -0.4 is 5.32 Å². The first-order chi connectivity index (χ1) is 7.45. The lowest BCUT2D eigenvalue weighted by molar-refractivity contribution is 0.141. The van der Waals surface area contributed by atoms with E-state index in [9.17, 15) is 4.79 Å². The first-order valence-corrected chi connectivity index (χ1v) is 5.48. The third kappa shape index (κ3) is 3.26. The Morgan fingerprint density at radius 3 is 2.38 bits per heavy atom. The highest BCUT2D eigenvalue weighted by Crippen LogP contribution is 2.20. The molecule has 0 heterocycles. The first kappa shape index (κ1) is 12.6. The van der Waals surface area contributed by atoms with Crippen LogP contribution in [0.2, 0.25) is 0 Å². The van der Waals surface area contributed by atoms with E-state index in [1.54, 1.807) is 6.92 Å². The van der Waals surface area contributed by atoms with Gasteiger partial charge in [-0.25, -0.2) is 4.79 Å². The maximum Gasteiger partial charge on any atom is 0.407 e. The summed E-state index contributed by atoms with van der Waals surface area (Å²) in [5, 5.41) is 2.83. The summed E-state index contributed by atoms with van der Waals surface area (Å²) in [7, 11) is 0. The van der Waals surface area contributed by atoms with Gasteiger partial charge in [0.25, 0.3) is 0 Å². The van der Waals surface area contributed by atoms with E-state index in [1.165, 1.54) is 5.56 Å². The molecule has 0 aliphatic rings. The third-order valence-electron chi connectivity index (χ3n) is 2.46. The van der Waals surface area contributed by atoms with E-state index >= 15 is 0 Å². The van der Waals surface area contributed by atoms with Crippen molar-refractivity contribution in [3.63, 3.8) is 0 Å². The zero-order valence-electron chi connectivity index (χ0n) is 10.3. The van der Waals surface area contributed by atoms with Crippen LogP contribution in [0.5, 0.6) is 0 Å². The highest BCUT2D eigenvalue weighted by atomic mass is 16.5. The fourth-order valence-electron chi connectivity index (χ4n) is 1.46. The van der Waals surface area contributed by atoms with Gasteiger partial charge in [0, 0.05) is 0 Å². The fourth-order valence-corrected chi connectivity index (χ4v) is 1.46. The van der Waals surface area contributed by atoms with Gasteiger partial charge < -0.3 is 10.1 Å². The van der Waals surface area contributed by atoms with E-state index in [0.29, 0.717) is 6.61 Å². The molecule has 88 valence electrons. The van der Waals surface area contributed by atoms with Crippen molar-refractivity contribution in [2.45, 2.75) is 33.2 Å². The third-order valence-corrected chi connectivity index (χ3v) is 2.46. The van der Waals surface area contributed by atoms with Gasteiger partial charge in [-0.05, 0) is 33.3 Å². The van der Waals surface area contributed by atoms with Crippen molar-refractivity contribution in [2.24, 2.45) is 0 Å². The molecule has 1 aromatic rings. The number of aryl methyl sites for hydroxylation is 1. The van der Waals surface area contributed by atoms with E-state index in [2.05, 4.69) is 5.32 Å². The van der Waals surface area contributed by atoms with Crippen LogP contribution in [-0.2, 0) is 10.3 Å². The Kier molecular flexibility index (Phi) is 3.93. The minimum absolute atomic E-state index is 0.381. The van der Waals surface area contributed by atoms with Crippen LogP contribution in [0.3, 0.4) is 0 Å². The molecule has 3 nitrogen and oxygen atoms in total. The molecule has 3 heteroatoms. The van der Waals surface area contributed by atoms with Gasteiger partial charge in [0.15, 0.2) is 0 Å². The molecular formula is C13H19NO2. The molecule has 0 aromatic heterocycles. The predicted molar refractivity (Wildman–Crippen MR) is 64.4 cm³/mol. The van der Waals surface area contributed by atoms with Crippen molar-refractivity contribution >= 4 is 6.09 Å². The topological polar surface area (TPSA) is 38.3 Å². The Morgan fingerprint density at radius 1 is 1.31 bits per heavy atom. The Morgan fingerprint density at radius 2 is 1.88 bits per heavy atom. The molecule has 1 amide bonds. The van der Waals surface area contributed by atoms with Gasteiger partial charge in [-0.3, -0.25) is 0 Å². The van der Waals surface area contributed by atoms with Crippen molar-refractivity contribution < 1.29 is 9.53 Å². The molecule has 0 saturated heterocycles. The zero-order valence-corrected chi connectivity index (χ0v) is 10.3. The summed E-state index contributed by atoms with van der Waals surface area (Å²) in [5.74, 6) is 0. The number of nitrogens with one attached hydrogen (secondary N) is 1. The van der Waals surface area contributed by atoms with Crippen LogP contribution in [0, 0.1) is 6.92 Å². The van der Waals surface area contributed by atoms with Gasteiger partial charge in [-0.15, -0.1) is 0 Å². The Labute approximate surface area is 96.8 Å². The molecular weight excluding hydrogens is 202 g/mol. The molecule has 0 spiro atoms. The van der Waals surface area contributed by atoms with Crippen molar-refractivity contribution in [3.05, 3.63) is 35.4 Å². The number of hydrogen-bond donors (Lipinski definition) is 1. The second-order valence-electron chi connectivity index (χ2n) is 4.34. The molecule has 1 N–H and O–H groups in total. The van der Waals surface area contributed by atoms with Crippen LogP contribution in [0.25, 0.3) is 0 Å². The first-order valence-electron chi connectivity index (χ1n) is 5.48. The van der Waals surface area contributed by atoms with Crippen LogP contribution in [0.1, 0.15) is 31.9 Å². The summed E-state index contributed by atoms with van der Waals surface area (Å²) < 4.78 is 4.87. The smallest absolute Gasteiger partial charge is 0.407 e. The quantitative estimate of drug-likeness (QED) is 0.852. The van der Waals surface area contributed by atoms with Crippen molar-refractivity contribution in [1.82, 2.24) is 5.32 Å². The van der Waals surface area contributed by atoms with E-state index in [0.717, 1.165) is 5.56 Å². The highest BCUT2D eigenvalue weighted by Gasteiger charge is 2.23. The lowest BCUT2D eigenvalue weighted by atomic mass is 9.94. The van der Waals surface area contributed by atoms with Crippen LogP contribution in [0.15, 0.2) is 24.3 Å². The molecule has 16 heavy (non-hydrogen) atoms. The summed E-state index contributed by atoms with van der Waals surface area (Å²) in [5.41, 5.74) is 1.85. The monoisotopic (exact) mass is 221 g/mol. The average molecular weight is 221 g/mol. The highest BCUT2D eigenvalue weighted by molar-refractivity contribution is 5.68. The number of ether oxygens (including phenoxy) is 1. The number of amides is 1. The summed E-state index contributed by atoms with van der Waals surface area (Å²) in [6.45, 7) is 8.12. The van der Waals surface area contributed by atoms with Crippen LogP contribution in [0.4, 0.5) is 4.79 Å². The average Bonchev–Trinajstić information content (AvgIpc) is 2.17. The van der Waals surface area contributed by atoms with Gasteiger partial charge in [-0.2, -0.15) is 0 Å². The minimum Gasteiger partial charge on any atom is -0.450 e. The summed E-state index contributed by atoms with van der Waals surface area (Å²) in [6, 6.07) is 8.09. The molecule has 0 fully saturated rings. The van der Waals surface area contributed by atoms with Gasteiger partial charge in [0.1, 0.15) is 0 Å². The number of hydrogen-bond acceptors (Lipinski definition) is 2. The maximum absolute atomic E-state index is 11.4. The molecule has 0 saturated carbocycles. The zero-order chi connectivity index (χ0) is 12.2. The number of rotatable bonds is 3. The number of carbonyl (C=O) groups excluding carboxylic acids is 1. The van der Waals surface area contributed by atoms with Crippen LogP contribution >= 0.6 is 0 Å². The van der Waals surface area contributed by atoms with E-state index < -0.39 is 5.54 Å². The molecule has 0 aliphatic heterocycles. The van der Waals surface area contributed by atoms with Gasteiger partial charge in [0.05, 0.1) is 12.1 Å². The lowest BCUT2D eigenvalue weighted by Gasteiger charge is -2.26. The second kappa shape index (κ2) is 5.01.